The van der Waals surface area contributed by atoms with Gasteiger partial charge in [0.1, 0.15) is 73.2 Å². The number of nitrogens with two attached hydrogens (primary N) is 10. The number of carboxylic acid groups (broad SMARTS) is 1. The zero-order valence-corrected chi connectivity index (χ0v) is 86.0. The van der Waals surface area contributed by atoms with Crippen molar-refractivity contribution in [3.8, 4) is 18.2 Å². The number of hydrogen-bond donors (Lipinski definition) is 18. The molecule has 150 heavy (non-hydrogen) atoms. The highest BCUT2D eigenvalue weighted by atomic mass is 35.5. The van der Waals surface area contributed by atoms with Crippen molar-refractivity contribution in [2.45, 2.75) is 271 Å². The molecule has 0 unspecified atom stereocenters. The zero-order valence-electron chi connectivity index (χ0n) is 83.7. The van der Waals surface area contributed by atoms with Gasteiger partial charge in [-0.3, -0.25) is 48.5 Å². The van der Waals surface area contributed by atoms with Crippen molar-refractivity contribution in [1.29, 1.82) is 15.8 Å². The summed E-state index contributed by atoms with van der Waals surface area (Å²) in [6, 6.07) is 38.0. The van der Waals surface area contributed by atoms with E-state index in [-0.39, 0.29) is 78.6 Å². The van der Waals surface area contributed by atoms with E-state index in [1.807, 2.05) is 97.1 Å². The van der Waals surface area contributed by atoms with Gasteiger partial charge in [-0.15, -0.1) is 0 Å². The molecule has 28 N–H and O–H groups in total. The van der Waals surface area contributed by atoms with Crippen LogP contribution < -0.4 is 94.6 Å². The third-order valence-corrected chi connectivity index (χ3v) is 26.7. The average Bonchev–Trinajstić information content (AvgIpc) is 1.47. The Kier molecular flexibility index (Phi) is 40.9. The Morgan fingerprint density at radius 1 is 0.367 bits per heavy atom. The first kappa shape index (κ1) is 118. The van der Waals surface area contributed by atoms with E-state index in [4.69, 9.17) is 117 Å². The highest BCUT2D eigenvalue weighted by Gasteiger charge is 2.47. The molecule has 0 saturated heterocycles. The van der Waals surface area contributed by atoms with E-state index >= 15 is 0 Å². The SMILES string of the molecule is CC(C)(C)OC(=O)NC1(C(=O)O)CCCC1.CC(C)(C)OC(=O)NC1(C(N)=O)CCCC1.N#Cc1cc(F)c(Cl)nc1Cl.N#Cc1cc(F)c(NC2(C(N)=O)CCCC2)nc1Cl.N#Cc1cc(F)c(NC2(C(N)=O)CCCC2)nc1Nc1cnc2ccccc2c1.NC(=O)C1(N)CCCC1.NC(=O)C1(N)CCCC1.NC(=O)c1cc(F)c(NC2(C(N)=O)CCCC2)nc1Nc1cnc2ccccc2c1.Nc1cnc2ccccc2c1. The second kappa shape index (κ2) is 52.0. The number of hydrogen-bond acceptors (Lipinski definition) is 30. The molecule has 47 heteroatoms. The van der Waals surface area contributed by atoms with Crippen LogP contribution in [0.1, 0.15) is 248 Å². The fourth-order valence-electron chi connectivity index (χ4n) is 17.6. The highest BCUT2D eigenvalue weighted by molar-refractivity contribution is 6.33. The van der Waals surface area contributed by atoms with Crippen molar-refractivity contribution in [3.05, 3.63) is 195 Å². The third-order valence-electron chi connectivity index (χ3n) is 25.8. The molecule has 798 valence electrons. The number of fused-ring (bicyclic) bond motifs is 3. The number of halogens is 7. The Balaban J connectivity index is 0.000000193. The summed E-state index contributed by atoms with van der Waals surface area (Å²) in [6.07, 6.45) is 24.4. The molecule has 0 aliphatic heterocycles. The molecule has 7 aliphatic carbocycles. The van der Waals surface area contributed by atoms with Gasteiger partial charge >= 0.3 is 18.2 Å². The van der Waals surface area contributed by atoms with Crippen molar-refractivity contribution in [2.75, 3.05) is 32.3 Å². The number of carbonyl (C=O) groups excluding carboxylic acids is 9. The number of ether oxygens (including phenoxy) is 2. The number of pyridine rings is 7. The topological polar surface area (TPSA) is 715 Å². The largest absolute Gasteiger partial charge is 0.480 e. The van der Waals surface area contributed by atoms with E-state index in [9.17, 15) is 70.8 Å². The van der Waals surface area contributed by atoms with Crippen LogP contribution in [0.4, 0.5) is 73.3 Å². The number of rotatable bonds is 20. The Hall–Kier alpha value is -15.4. The van der Waals surface area contributed by atoms with Gasteiger partial charge in [0.2, 0.25) is 35.4 Å². The van der Waals surface area contributed by atoms with E-state index in [1.165, 1.54) is 0 Å². The molecule has 9 amide bonds. The molecule has 0 bridgehead atoms. The average molecular weight is 2130 g/mol. The monoisotopic (exact) mass is 2130 g/mol. The molecule has 7 heterocycles. The summed E-state index contributed by atoms with van der Waals surface area (Å²) in [7, 11) is 0. The minimum atomic E-state index is -1.12. The highest BCUT2D eigenvalue weighted by Crippen LogP contribution is 2.41. The maximum atomic E-state index is 14.7. The minimum Gasteiger partial charge on any atom is -0.480 e. The van der Waals surface area contributed by atoms with E-state index in [2.05, 4.69) is 72.1 Å². The summed E-state index contributed by atoms with van der Waals surface area (Å²) in [5.74, 6) is -7.79. The van der Waals surface area contributed by atoms with E-state index in [0.29, 0.717) is 81.3 Å². The van der Waals surface area contributed by atoms with Gasteiger partial charge in [-0.2, -0.15) is 15.8 Å². The maximum Gasteiger partial charge on any atom is 0.408 e. The van der Waals surface area contributed by atoms with E-state index in [1.54, 1.807) is 72.3 Å². The Morgan fingerprint density at radius 3 is 1.01 bits per heavy atom. The van der Waals surface area contributed by atoms with Crippen molar-refractivity contribution in [2.24, 2.45) is 51.6 Å². The number of nitrogens with one attached hydrogen (secondary N) is 7. The molecule has 7 saturated carbocycles. The van der Waals surface area contributed by atoms with Gasteiger partial charge < -0.3 is 109 Å². The number of carboxylic acids is 1. The van der Waals surface area contributed by atoms with Crippen molar-refractivity contribution >= 4 is 173 Å². The number of nitriles is 3. The third kappa shape index (κ3) is 32.3. The number of anilines is 8. The number of alkyl carbamates (subject to hydrolysis) is 2. The number of para-hydroxylation sites is 3. The Morgan fingerprint density at radius 2 is 0.667 bits per heavy atom. The lowest BCUT2D eigenvalue weighted by Crippen LogP contribution is -2.56. The van der Waals surface area contributed by atoms with Crippen LogP contribution in [0.5, 0.6) is 0 Å². The molecule has 3 aromatic carbocycles. The Labute approximate surface area is 877 Å². The van der Waals surface area contributed by atoms with Gasteiger partial charge in [-0.05, 0) is 192 Å². The fourth-order valence-corrected chi connectivity index (χ4v) is 18.2. The van der Waals surface area contributed by atoms with Gasteiger partial charge in [0.05, 0.1) is 85.5 Å². The number of primary amides is 7. The number of nitrogen functional groups attached to an aromatic ring is 1. The summed E-state index contributed by atoms with van der Waals surface area (Å²) in [5, 5.41) is 57.6. The second-order valence-electron chi connectivity index (χ2n) is 39.2. The lowest BCUT2D eigenvalue weighted by atomic mass is 9.96. The zero-order chi connectivity index (χ0) is 110. The van der Waals surface area contributed by atoms with Crippen LogP contribution in [0.3, 0.4) is 0 Å². The molecule has 40 nitrogen and oxygen atoms in total. The molecule has 0 spiro atoms. The maximum absolute atomic E-state index is 14.7. The van der Waals surface area contributed by atoms with Gasteiger partial charge in [-0.25, -0.2) is 51.9 Å². The predicted octanol–water partition coefficient (Wildman–Crippen LogP) is 15.3. The molecule has 0 atom stereocenters. The van der Waals surface area contributed by atoms with Gasteiger partial charge in [0, 0.05) is 16.2 Å². The normalized spacial score (nSPS) is 16.5. The van der Waals surface area contributed by atoms with Crippen LogP contribution in [0, 0.1) is 57.3 Å². The molecule has 10 aromatic rings. The van der Waals surface area contributed by atoms with E-state index in [0.717, 1.165) is 173 Å². The van der Waals surface area contributed by atoms with Gasteiger partial charge in [0.25, 0.3) is 5.91 Å². The summed E-state index contributed by atoms with van der Waals surface area (Å²) < 4.78 is 65.8. The number of carbonyl (C=O) groups is 10. The smallest absolute Gasteiger partial charge is 0.408 e. The summed E-state index contributed by atoms with van der Waals surface area (Å²) in [6.45, 7) is 10.6. The van der Waals surface area contributed by atoms with Crippen LogP contribution in [0.2, 0.25) is 15.5 Å². The number of amides is 9. The van der Waals surface area contributed by atoms with Crippen LogP contribution in [0.25, 0.3) is 32.7 Å². The molecule has 7 aliphatic rings. The molecule has 17 rings (SSSR count). The first-order valence-electron chi connectivity index (χ1n) is 48.3. The first-order valence-corrected chi connectivity index (χ1v) is 49.4. The van der Waals surface area contributed by atoms with E-state index < -0.39 is 121 Å². The lowest BCUT2D eigenvalue weighted by molar-refractivity contribution is -0.144. The molecule has 7 aromatic heterocycles. The summed E-state index contributed by atoms with van der Waals surface area (Å²) in [4.78, 5) is 143. The second-order valence-corrected chi connectivity index (χ2v) is 40.3. The minimum absolute atomic E-state index is 0.0198. The lowest BCUT2D eigenvalue weighted by Gasteiger charge is -2.28. The molecule has 0 radical (unpaired) electrons. The standard InChI is InChI=1S/C21H21FN6O2.C21H19FN6O.C12H12ClFN4O.C11H20N2O3.C11H19NO4.C9H8N2.C6HCl2FN2.2C6H12N2O/c22-15-10-14(17(23)29)18(26-13-9-12-5-1-2-6-16(12)25-11-13)27-19(15)28-21(20(24)30)7-3-4-8-21;22-16-10-14(11-23)18(26-15-9-13-5-1-2-6-17(13)25-12-15)27-19(16)28-21(20(24)29)7-3-4-8-21;13-9-7(6-15)5-8(14)10(17-9)18-12(11(16)19)3-1-2-4-12;1-10(2,3)16-9(15)13-11(8(12)14)6-4-5-7-11;1-10(2,3)16-9(15)12-11(8(13)14)6-4-5-7-11;10-8-5-7-3-1-2-4-9(7)11-6-8;7-5-3(2-10)1-4(9)6(8)11-5;2*7-5(9)6(8)3-1-2-4-6/h1-2,5-6,9-11H,3-4,7-8H2,(H2,23,29)(H2,24,30)(H2,26,27,28);1-2,5-6,9-10,12H,3-4,7-8H2,(H2,24,29)(H2,26,27,28);5H,1-4H2,(H2,16,19)(H,17,18);4-7H2,1-3H3,(H2,12,14)(H,13,15);4-7H2,1-3H3,(H,12,15)(H,13,14);1-6H,10H2;1H;2*1-4,8H2,(H2,7,9). The summed E-state index contributed by atoms with van der Waals surface area (Å²) >= 11 is 16.4. The Bertz CT molecular complexity index is 6630. The quantitative estimate of drug-likeness (QED) is 0.0249. The number of nitrogens with zero attached hydrogens (tertiary/aromatic N) is 10. The van der Waals surface area contributed by atoms with Crippen LogP contribution in [0.15, 0.2) is 134 Å². The van der Waals surface area contributed by atoms with Crippen molar-refractivity contribution < 1.29 is 80.1 Å². The van der Waals surface area contributed by atoms with Crippen LogP contribution >= 0.6 is 34.8 Å². The first-order chi connectivity index (χ1) is 70.7. The molecular formula is C103H124Cl3F4N27O13. The van der Waals surface area contributed by atoms with Crippen molar-refractivity contribution in [3.63, 3.8) is 0 Å². The van der Waals surface area contributed by atoms with Crippen molar-refractivity contribution in [1.82, 2.24) is 45.5 Å². The predicted molar refractivity (Wildman–Crippen MR) is 560 cm³/mol. The van der Waals surface area contributed by atoms with Crippen LogP contribution in [-0.4, -0.2) is 149 Å². The van der Waals surface area contributed by atoms with Gasteiger partial charge in [-0.1, -0.05) is 179 Å². The van der Waals surface area contributed by atoms with Crippen LogP contribution in [-0.2, 0) is 43.0 Å². The van der Waals surface area contributed by atoms with Gasteiger partial charge in [0.15, 0.2) is 51.7 Å². The molecule has 7 fully saturated rings. The summed E-state index contributed by atoms with van der Waals surface area (Å²) in [5.41, 5.74) is 51.0. The number of benzene rings is 3. The fraction of sp³-hybridized carbons (Fsp3) is 0.417. The molecular weight excluding hydrogens is 2010 g/mol. The number of aromatic nitrogens is 7. The number of aliphatic carboxylic acids is 1.